The maximum atomic E-state index is 14.1. The van der Waals surface area contributed by atoms with E-state index >= 15 is 0 Å². The zero-order chi connectivity index (χ0) is 14.4. The maximum absolute atomic E-state index is 14.1. The second-order valence-corrected chi connectivity index (χ2v) is 5.30. The predicted octanol–water partition coefficient (Wildman–Crippen LogP) is 4.93. The summed E-state index contributed by atoms with van der Waals surface area (Å²) in [5.74, 6) is -1.01. The fourth-order valence-corrected chi connectivity index (χ4v) is 2.61. The zero-order valence-corrected chi connectivity index (χ0v) is 11.9. The van der Waals surface area contributed by atoms with Crippen LogP contribution in [0, 0.1) is 23.3 Å². The Bertz CT molecular complexity index is 883. The van der Waals surface area contributed by atoms with Crippen LogP contribution in [0.25, 0.3) is 16.7 Å². The molecule has 102 valence electrons. The Hall–Kier alpha value is -1.72. The van der Waals surface area contributed by atoms with E-state index in [1.165, 1.54) is 11.5 Å². The maximum Gasteiger partial charge on any atom is 0.182 e. The Kier molecular flexibility index (Phi) is 3.11. The average molecular weight is 311 g/mol. The third-order valence-electron chi connectivity index (χ3n) is 3.11. The highest BCUT2D eigenvalue weighted by atomic mass is 35.5. The second kappa shape index (κ2) is 4.68. The minimum atomic E-state index is -0.532. The summed E-state index contributed by atoms with van der Waals surface area (Å²) in [7, 11) is 0. The van der Waals surface area contributed by atoms with Crippen molar-refractivity contribution < 1.29 is 8.78 Å². The SMILES string of the molecule is Cc1cc(F)c(-n2c(=S)[nH]c3cc(Cl)ccc32)cc1F. The number of aromatic amines is 1. The van der Waals surface area contributed by atoms with Gasteiger partial charge in [-0.25, -0.2) is 8.78 Å². The molecule has 2 nitrogen and oxygen atoms in total. The van der Waals surface area contributed by atoms with Crippen molar-refractivity contribution in [3.63, 3.8) is 0 Å². The fourth-order valence-electron chi connectivity index (χ4n) is 2.13. The van der Waals surface area contributed by atoms with Crippen LogP contribution in [0.15, 0.2) is 30.3 Å². The van der Waals surface area contributed by atoms with Crippen LogP contribution in [0.3, 0.4) is 0 Å². The summed E-state index contributed by atoms with van der Waals surface area (Å²) in [5, 5.41) is 0.538. The third kappa shape index (κ3) is 2.03. The molecule has 3 rings (SSSR count). The summed E-state index contributed by atoms with van der Waals surface area (Å²) in [5.41, 5.74) is 1.64. The lowest BCUT2D eigenvalue weighted by Gasteiger charge is -2.08. The molecule has 20 heavy (non-hydrogen) atoms. The Labute approximate surface area is 123 Å². The van der Waals surface area contributed by atoms with Crippen LogP contribution in [-0.2, 0) is 0 Å². The molecule has 6 heteroatoms. The van der Waals surface area contributed by atoms with E-state index < -0.39 is 11.6 Å². The van der Waals surface area contributed by atoms with Crippen LogP contribution in [0.5, 0.6) is 0 Å². The Balaban J connectivity index is 2.38. The summed E-state index contributed by atoms with van der Waals surface area (Å²) in [6.07, 6.45) is 0. The van der Waals surface area contributed by atoms with Gasteiger partial charge in [0.25, 0.3) is 0 Å². The number of hydrogen-bond donors (Lipinski definition) is 1. The highest BCUT2D eigenvalue weighted by Crippen LogP contribution is 2.25. The first kappa shape index (κ1) is 13.3. The number of rotatable bonds is 1. The largest absolute Gasteiger partial charge is 0.330 e. The molecule has 0 atom stereocenters. The van der Waals surface area contributed by atoms with Gasteiger partial charge in [-0.1, -0.05) is 11.6 Å². The van der Waals surface area contributed by atoms with Gasteiger partial charge in [0.15, 0.2) is 4.77 Å². The van der Waals surface area contributed by atoms with E-state index in [0.717, 1.165) is 12.1 Å². The van der Waals surface area contributed by atoms with Crippen LogP contribution in [-0.4, -0.2) is 9.55 Å². The molecule has 0 spiro atoms. The van der Waals surface area contributed by atoms with Gasteiger partial charge in [-0.2, -0.15) is 0 Å². The van der Waals surface area contributed by atoms with Crippen molar-refractivity contribution in [1.82, 2.24) is 9.55 Å². The first-order valence-electron chi connectivity index (χ1n) is 5.83. The quantitative estimate of drug-likeness (QED) is 0.632. The molecule has 0 aliphatic heterocycles. The minimum Gasteiger partial charge on any atom is -0.330 e. The number of nitrogens with zero attached hydrogens (tertiary/aromatic N) is 1. The fraction of sp³-hybridized carbons (Fsp3) is 0.0714. The molecule has 0 aliphatic carbocycles. The van der Waals surface area contributed by atoms with Crippen LogP contribution in [0.4, 0.5) is 8.78 Å². The van der Waals surface area contributed by atoms with E-state index in [1.54, 1.807) is 18.2 Å². The summed E-state index contributed by atoms with van der Waals surface area (Å²) in [6.45, 7) is 1.51. The molecule has 1 N–H and O–H groups in total. The molecule has 0 saturated heterocycles. The number of H-pyrrole nitrogens is 1. The topological polar surface area (TPSA) is 20.7 Å². The van der Waals surface area contributed by atoms with Crippen LogP contribution in [0.1, 0.15) is 5.56 Å². The molecule has 0 amide bonds. The van der Waals surface area contributed by atoms with Crippen molar-refractivity contribution in [3.05, 3.63) is 57.3 Å². The van der Waals surface area contributed by atoms with Crippen molar-refractivity contribution in [2.45, 2.75) is 6.92 Å². The standard InChI is InChI=1S/C14H9ClF2N2S/c1-7-4-10(17)13(6-9(7)16)19-12-3-2-8(15)5-11(12)18-14(19)20/h2-6H,1H3,(H,18,20). The molecule has 0 aliphatic rings. The number of benzene rings is 2. The van der Waals surface area contributed by atoms with Gasteiger partial charge in [-0.3, -0.25) is 4.57 Å². The summed E-state index contributed by atoms with van der Waals surface area (Å²) in [6, 6.07) is 7.36. The van der Waals surface area contributed by atoms with Gasteiger partial charge < -0.3 is 4.98 Å². The minimum absolute atomic E-state index is 0.0756. The predicted molar refractivity (Wildman–Crippen MR) is 78.1 cm³/mol. The lowest BCUT2D eigenvalue weighted by molar-refractivity contribution is 0.586. The van der Waals surface area contributed by atoms with Gasteiger partial charge in [0.1, 0.15) is 11.6 Å². The molecule has 0 unspecified atom stereocenters. The summed E-state index contributed by atoms with van der Waals surface area (Å²) < 4.78 is 29.5. The molecule has 1 heterocycles. The lowest BCUT2D eigenvalue weighted by Crippen LogP contribution is -2.00. The van der Waals surface area contributed by atoms with E-state index in [4.69, 9.17) is 23.8 Å². The van der Waals surface area contributed by atoms with Crippen molar-refractivity contribution >= 4 is 34.9 Å². The van der Waals surface area contributed by atoms with Gasteiger partial charge in [-0.05, 0) is 49.0 Å². The van der Waals surface area contributed by atoms with Gasteiger partial charge in [0, 0.05) is 11.1 Å². The molecule has 2 aromatic carbocycles. The highest BCUT2D eigenvalue weighted by Gasteiger charge is 2.13. The van der Waals surface area contributed by atoms with Crippen molar-refractivity contribution in [1.29, 1.82) is 0 Å². The number of imidazole rings is 1. The number of hydrogen-bond acceptors (Lipinski definition) is 1. The first-order valence-corrected chi connectivity index (χ1v) is 6.62. The molecule has 0 radical (unpaired) electrons. The summed E-state index contributed by atoms with van der Waals surface area (Å²) >= 11 is 11.1. The first-order chi connectivity index (χ1) is 9.47. The molecule has 1 aromatic heterocycles. The van der Waals surface area contributed by atoms with E-state index in [1.807, 2.05) is 0 Å². The number of aromatic nitrogens is 2. The average Bonchev–Trinajstić information content (AvgIpc) is 2.69. The van der Waals surface area contributed by atoms with E-state index in [0.29, 0.717) is 16.1 Å². The third-order valence-corrected chi connectivity index (χ3v) is 3.63. The highest BCUT2D eigenvalue weighted by molar-refractivity contribution is 7.71. The van der Waals surface area contributed by atoms with E-state index in [2.05, 4.69) is 4.98 Å². The van der Waals surface area contributed by atoms with Gasteiger partial charge in [0.05, 0.1) is 16.7 Å². The molecule has 0 fully saturated rings. The monoisotopic (exact) mass is 310 g/mol. The van der Waals surface area contributed by atoms with E-state index in [-0.39, 0.29) is 16.0 Å². The Morgan fingerprint density at radius 1 is 1.15 bits per heavy atom. The Morgan fingerprint density at radius 2 is 1.90 bits per heavy atom. The van der Waals surface area contributed by atoms with Crippen LogP contribution >= 0.6 is 23.8 Å². The van der Waals surface area contributed by atoms with Crippen molar-refractivity contribution in [2.24, 2.45) is 0 Å². The van der Waals surface area contributed by atoms with Crippen molar-refractivity contribution in [2.75, 3.05) is 0 Å². The molecular formula is C14H9ClF2N2S. The molecule has 3 aromatic rings. The van der Waals surface area contributed by atoms with Crippen LogP contribution in [0.2, 0.25) is 5.02 Å². The van der Waals surface area contributed by atoms with Crippen LogP contribution < -0.4 is 0 Å². The van der Waals surface area contributed by atoms with E-state index in [9.17, 15) is 8.78 Å². The number of halogens is 3. The Morgan fingerprint density at radius 3 is 2.65 bits per heavy atom. The smallest absolute Gasteiger partial charge is 0.182 e. The number of nitrogens with one attached hydrogen (secondary N) is 1. The summed E-state index contributed by atoms with van der Waals surface area (Å²) in [4.78, 5) is 2.93. The normalized spacial score (nSPS) is 11.2. The number of aryl methyl sites for hydroxylation is 1. The van der Waals surface area contributed by atoms with Gasteiger partial charge in [0.2, 0.25) is 0 Å². The molecular weight excluding hydrogens is 302 g/mol. The second-order valence-electron chi connectivity index (χ2n) is 4.48. The van der Waals surface area contributed by atoms with Gasteiger partial charge in [-0.15, -0.1) is 0 Å². The van der Waals surface area contributed by atoms with Crippen molar-refractivity contribution in [3.8, 4) is 5.69 Å². The number of fused-ring (bicyclic) bond motifs is 1. The molecule has 0 bridgehead atoms. The molecule has 0 saturated carbocycles. The van der Waals surface area contributed by atoms with Gasteiger partial charge >= 0.3 is 0 Å². The lowest BCUT2D eigenvalue weighted by atomic mass is 10.2. The zero-order valence-electron chi connectivity index (χ0n) is 10.4.